The maximum atomic E-state index is 13.0. The van der Waals surface area contributed by atoms with Gasteiger partial charge in [0.25, 0.3) is 5.56 Å². The number of benzene rings is 4. The highest BCUT2D eigenvalue weighted by atomic mass is 32.1. The number of ether oxygens (including phenoxy) is 1. The summed E-state index contributed by atoms with van der Waals surface area (Å²) in [5.74, 6) is 1.20. The zero-order valence-corrected chi connectivity index (χ0v) is 22.6. The lowest BCUT2D eigenvalue weighted by atomic mass is 10.1. The lowest BCUT2D eigenvalue weighted by Gasteiger charge is -2.08. The summed E-state index contributed by atoms with van der Waals surface area (Å²) in [5.41, 5.74) is 5.67. The van der Waals surface area contributed by atoms with Gasteiger partial charge >= 0.3 is 0 Å². The first-order chi connectivity index (χ1) is 20.2. The standard InChI is InChI=1S/C33H23N5O2S/c39-32-30(41-33-34-31(36-38(32)33)22-40-27-14-8-3-9-15-27)20-23-16-18-26(19-17-23)37-29(25-12-6-2-7-13-25)21-28(35-37)24-10-4-1-5-11-24/h1-21H,22H2. The fourth-order valence-corrected chi connectivity index (χ4v) is 5.53. The van der Waals surface area contributed by atoms with Crippen molar-refractivity contribution >= 4 is 22.4 Å². The quantitative estimate of drug-likeness (QED) is 0.250. The first-order valence-electron chi connectivity index (χ1n) is 13.1. The third kappa shape index (κ3) is 5.04. The van der Waals surface area contributed by atoms with E-state index in [2.05, 4.69) is 40.4 Å². The van der Waals surface area contributed by atoms with E-state index in [-0.39, 0.29) is 12.2 Å². The molecule has 4 aromatic carbocycles. The molecule has 0 aliphatic heterocycles. The van der Waals surface area contributed by atoms with Crippen LogP contribution in [0.15, 0.2) is 126 Å². The van der Waals surface area contributed by atoms with Gasteiger partial charge in [-0.1, -0.05) is 102 Å². The smallest absolute Gasteiger partial charge is 0.291 e. The number of nitrogens with zero attached hydrogens (tertiary/aromatic N) is 5. The molecule has 0 radical (unpaired) electrons. The molecule has 0 amide bonds. The van der Waals surface area contributed by atoms with E-state index >= 15 is 0 Å². The van der Waals surface area contributed by atoms with Gasteiger partial charge in [-0.15, -0.1) is 5.10 Å². The van der Waals surface area contributed by atoms with Gasteiger partial charge in [0.2, 0.25) is 4.96 Å². The molecule has 0 unspecified atom stereocenters. The van der Waals surface area contributed by atoms with Gasteiger partial charge in [0.05, 0.1) is 21.6 Å². The molecule has 0 saturated heterocycles. The van der Waals surface area contributed by atoms with Gasteiger partial charge in [-0.05, 0) is 42.0 Å². The van der Waals surface area contributed by atoms with Crippen LogP contribution in [-0.2, 0) is 6.61 Å². The Balaban J connectivity index is 1.18. The Hall–Kier alpha value is -5.34. The Bertz CT molecular complexity index is 2050. The van der Waals surface area contributed by atoms with E-state index in [1.165, 1.54) is 15.9 Å². The van der Waals surface area contributed by atoms with Gasteiger partial charge in [-0.2, -0.15) is 14.6 Å². The predicted molar refractivity (Wildman–Crippen MR) is 161 cm³/mol. The van der Waals surface area contributed by atoms with Crippen LogP contribution in [0.1, 0.15) is 11.4 Å². The molecule has 0 saturated carbocycles. The van der Waals surface area contributed by atoms with E-state index in [0.29, 0.717) is 15.3 Å². The minimum atomic E-state index is -0.196. The number of fused-ring (bicyclic) bond motifs is 1. The Morgan fingerprint density at radius 2 is 1.41 bits per heavy atom. The summed E-state index contributed by atoms with van der Waals surface area (Å²) < 4.78 is 9.59. The Morgan fingerprint density at radius 1 is 0.756 bits per heavy atom. The molecular weight excluding hydrogens is 530 g/mol. The van der Waals surface area contributed by atoms with Crippen molar-refractivity contribution in [2.75, 3.05) is 0 Å². The van der Waals surface area contributed by atoms with Crippen LogP contribution in [0.5, 0.6) is 5.75 Å². The molecule has 41 heavy (non-hydrogen) atoms. The normalized spacial score (nSPS) is 11.8. The van der Waals surface area contributed by atoms with Crippen molar-refractivity contribution in [1.29, 1.82) is 0 Å². The van der Waals surface area contributed by atoms with Crippen LogP contribution < -0.4 is 14.8 Å². The van der Waals surface area contributed by atoms with Crippen molar-refractivity contribution in [1.82, 2.24) is 24.4 Å². The van der Waals surface area contributed by atoms with Crippen LogP contribution in [0.25, 0.3) is 39.2 Å². The summed E-state index contributed by atoms with van der Waals surface area (Å²) in [5, 5.41) is 9.30. The van der Waals surface area contributed by atoms with Crippen LogP contribution in [0.2, 0.25) is 0 Å². The van der Waals surface area contributed by atoms with Gasteiger partial charge in [0.15, 0.2) is 5.82 Å². The molecular formula is C33H23N5O2S. The van der Waals surface area contributed by atoms with Crippen molar-refractivity contribution in [2.24, 2.45) is 0 Å². The second-order valence-electron chi connectivity index (χ2n) is 9.39. The minimum Gasteiger partial charge on any atom is -0.486 e. The lowest BCUT2D eigenvalue weighted by molar-refractivity contribution is 0.296. The number of rotatable bonds is 7. The van der Waals surface area contributed by atoms with Gasteiger partial charge in [-0.3, -0.25) is 4.79 Å². The fraction of sp³-hybridized carbons (Fsp3) is 0.0303. The van der Waals surface area contributed by atoms with Gasteiger partial charge in [0.1, 0.15) is 12.4 Å². The molecule has 3 heterocycles. The van der Waals surface area contributed by atoms with Gasteiger partial charge in [-0.25, -0.2) is 4.68 Å². The molecule has 7 rings (SSSR count). The first-order valence-corrected chi connectivity index (χ1v) is 13.9. The summed E-state index contributed by atoms with van der Waals surface area (Å²) in [7, 11) is 0. The van der Waals surface area contributed by atoms with Crippen molar-refractivity contribution in [3.05, 3.63) is 148 Å². The molecule has 0 fully saturated rings. The maximum absolute atomic E-state index is 13.0. The van der Waals surface area contributed by atoms with Crippen LogP contribution in [0.3, 0.4) is 0 Å². The van der Waals surface area contributed by atoms with E-state index in [1.54, 1.807) is 0 Å². The van der Waals surface area contributed by atoms with Crippen LogP contribution >= 0.6 is 11.3 Å². The molecule has 3 aromatic heterocycles. The summed E-state index contributed by atoms with van der Waals surface area (Å²) >= 11 is 1.31. The molecule has 0 atom stereocenters. The summed E-state index contributed by atoms with van der Waals surface area (Å²) in [4.78, 5) is 18.1. The largest absolute Gasteiger partial charge is 0.486 e. The zero-order valence-electron chi connectivity index (χ0n) is 21.8. The van der Waals surface area contributed by atoms with Crippen LogP contribution in [0, 0.1) is 0 Å². The molecule has 7 nitrogen and oxygen atoms in total. The fourth-order valence-electron chi connectivity index (χ4n) is 4.61. The SMILES string of the molecule is O=c1c(=Cc2ccc(-n3nc(-c4ccccc4)cc3-c3ccccc3)cc2)sc2nc(COc3ccccc3)nn12. The second-order valence-corrected chi connectivity index (χ2v) is 10.4. The average Bonchev–Trinajstić information content (AvgIpc) is 3.73. The molecule has 0 aliphatic carbocycles. The number of thiazole rings is 1. The Morgan fingerprint density at radius 3 is 2.10 bits per heavy atom. The molecule has 7 aromatic rings. The monoisotopic (exact) mass is 553 g/mol. The molecule has 0 spiro atoms. The molecule has 0 N–H and O–H groups in total. The Kier molecular flexibility index (Phi) is 6.42. The van der Waals surface area contributed by atoms with Crippen LogP contribution in [0.4, 0.5) is 0 Å². The number of aromatic nitrogens is 5. The third-order valence-electron chi connectivity index (χ3n) is 6.62. The van der Waals surface area contributed by atoms with E-state index in [0.717, 1.165) is 39.5 Å². The third-order valence-corrected chi connectivity index (χ3v) is 7.58. The molecule has 8 heteroatoms. The average molecular weight is 554 g/mol. The predicted octanol–water partition coefficient (Wildman–Crippen LogP) is 5.80. The van der Waals surface area contributed by atoms with E-state index in [4.69, 9.17) is 9.84 Å². The van der Waals surface area contributed by atoms with Crippen molar-refractivity contribution < 1.29 is 4.74 Å². The van der Waals surface area contributed by atoms with Gasteiger partial charge in [0, 0.05) is 11.1 Å². The highest BCUT2D eigenvalue weighted by Crippen LogP contribution is 2.28. The summed E-state index contributed by atoms with van der Waals surface area (Å²) in [6, 6.07) is 40.0. The zero-order chi connectivity index (χ0) is 27.6. The number of para-hydroxylation sites is 1. The second kappa shape index (κ2) is 10.7. The molecule has 198 valence electrons. The van der Waals surface area contributed by atoms with Crippen LogP contribution in [-0.4, -0.2) is 24.4 Å². The van der Waals surface area contributed by atoms with E-state index < -0.39 is 0 Å². The highest BCUT2D eigenvalue weighted by molar-refractivity contribution is 7.15. The topological polar surface area (TPSA) is 74.3 Å². The van der Waals surface area contributed by atoms with Crippen molar-refractivity contribution in [2.45, 2.75) is 6.61 Å². The number of hydrogen-bond donors (Lipinski definition) is 0. The first kappa shape index (κ1) is 24.7. The molecule has 0 aliphatic rings. The van der Waals surface area contributed by atoms with Gasteiger partial charge < -0.3 is 4.74 Å². The minimum absolute atomic E-state index is 0.196. The van der Waals surface area contributed by atoms with E-state index in [1.807, 2.05) is 102 Å². The highest BCUT2D eigenvalue weighted by Gasteiger charge is 2.14. The molecule has 0 bridgehead atoms. The Labute approximate surface area is 239 Å². The maximum Gasteiger partial charge on any atom is 0.291 e. The van der Waals surface area contributed by atoms with Crippen molar-refractivity contribution in [3.63, 3.8) is 0 Å². The lowest BCUT2D eigenvalue weighted by Crippen LogP contribution is -2.23. The summed E-state index contributed by atoms with van der Waals surface area (Å²) in [6.45, 7) is 0.197. The summed E-state index contributed by atoms with van der Waals surface area (Å²) in [6.07, 6.45) is 1.86. The number of hydrogen-bond acceptors (Lipinski definition) is 6. The van der Waals surface area contributed by atoms with E-state index in [9.17, 15) is 4.79 Å². The van der Waals surface area contributed by atoms with Crippen molar-refractivity contribution in [3.8, 4) is 34.0 Å².